The van der Waals surface area contributed by atoms with E-state index in [1.54, 1.807) is 11.2 Å². The Hall–Kier alpha value is -2.18. The first-order valence-corrected chi connectivity index (χ1v) is 10.1. The molecule has 0 bridgehead atoms. The molecule has 0 unspecified atom stereocenters. The molecule has 1 saturated carbocycles. The molecule has 146 valence electrons. The van der Waals surface area contributed by atoms with E-state index in [-0.39, 0.29) is 17.2 Å². The summed E-state index contributed by atoms with van der Waals surface area (Å²) in [7, 11) is 0. The molecule has 1 amide bonds. The molecular weight excluding hydrogens is 344 g/mol. The van der Waals surface area contributed by atoms with Gasteiger partial charge in [-0.1, -0.05) is 13.3 Å². The van der Waals surface area contributed by atoms with Crippen molar-refractivity contribution < 1.29 is 14.7 Å². The number of aromatic nitrogens is 2. The van der Waals surface area contributed by atoms with E-state index < -0.39 is 12.0 Å². The fourth-order valence-electron chi connectivity index (χ4n) is 4.71. The number of carboxylic acids is 1. The van der Waals surface area contributed by atoms with Gasteiger partial charge in [0.1, 0.15) is 18.2 Å². The second-order valence-corrected chi connectivity index (χ2v) is 8.41. The van der Waals surface area contributed by atoms with Gasteiger partial charge in [0, 0.05) is 37.3 Å². The van der Waals surface area contributed by atoms with Gasteiger partial charge < -0.3 is 14.9 Å². The summed E-state index contributed by atoms with van der Waals surface area (Å²) in [6.07, 6.45) is 9.74. The molecule has 1 aliphatic carbocycles. The summed E-state index contributed by atoms with van der Waals surface area (Å²) in [5.74, 6) is 0.284. The molecular formula is C20H28N4O3. The molecule has 3 heterocycles. The Kier molecular flexibility index (Phi) is 4.78. The van der Waals surface area contributed by atoms with Crippen LogP contribution in [0.4, 0.5) is 5.82 Å². The topological polar surface area (TPSA) is 86.6 Å². The second kappa shape index (κ2) is 7.09. The molecule has 7 heteroatoms. The SMILES string of the molecule is CCCc1cncnc1N1CCC2(CC1)C[C@H](C(=O)O)N(C(=O)C1CC1)C2. The van der Waals surface area contributed by atoms with Crippen molar-refractivity contribution in [3.63, 3.8) is 0 Å². The van der Waals surface area contributed by atoms with Crippen LogP contribution in [-0.2, 0) is 16.0 Å². The van der Waals surface area contributed by atoms with Gasteiger partial charge in [-0.25, -0.2) is 14.8 Å². The Morgan fingerprint density at radius 2 is 2.04 bits per heavy atom. The highest BCUT2D eigenvalue weighted by molar-refractivity contribution is 5.87. The van der Waals surface area contributed by atoms with Crippen LogP contribution in [0.3, 0.4) is 0 Å². The monoisotopic (exact) mass is 372 g/mol. The van der Waals surface area contributed by atoms with Gasteiger partial charge in [0.2, 0.25) is 5.91 Å². The highest BCUT2D eigenvalue weighted by atomic mass is 16.4. The molecule has 1 spiro atoms. The minimum absolute atomic E-state index is 0.0581. The van der Waals surface area contributed by atoms with Crippen molar-refractivity contribution in [2.24, 2.45) is 11.3 Å². The summed E-state index contributed by atoms with van der Waals surface area (Å²) < 4.78 is 0. The summed E-state index contributed by atoms with van der Waals surface area (Å²) >= 11 is 0. The normalized spacial score (nSPS) is 24.4. The number of hydrogen-bond acceptors (Lipinski definition) is 5. The van der Waals surface area contributed by atoms with E-state index >= 15 is 0 Å². The summed E-state index contributed by atoms with van der Waals surface area (Å²) in [5, 5.41) is 9.65. The fraction of sp³-hybridized carbons (Fsp3) is 0.700. The summed E-state index contributed by atoms with van der Waals surface area (Å²) in [6.45, 7) is 4.45. The number of carbonyl (C=O) groups is 2. The number of anilines is 1. The molecule has 1 aromatic heterocycles. The third kappa shape index (κ3) is 3.51. The Morgan fingerprint density at radius 1 is 1.30 bits per heavy atom. The van der Waals surface area contributed by atoms with Gasteiger partial charge in [-0.15, -0.1) is 0 Å². The second-order valence-electron chi connectivity index (χ2n) is 8.41. The van der Waals surface area contributed by atoms with Gasteiger partial charge in [0.25, 0.3) is 0 Å². The number of likely N-dealkylation sites (tertiary alicyclic amines) is 1. The number of aryl methyl sites for hydroxylation is 1. The van der Waals surface area contributed by atoms with Crippen LogP contribution in [0.2, 0.25) is 0 Å². The highest BCUT2D eigenvalue weighted by Crippen LogP contribution is 2.46. The lowest BCUT2D eigenvalue weighted by Crippen LogP contribution is -2.44. The van der Waals surface area contributed by atoms with Gasteiger partial charge >= 0.3 is 5.97 Å². The Bertz CT molecular complexity index is 726. The van der Waals surface area contributed by atoms with Gasteiger partial charge in [-0.3, -0.25) is 4.79 Å². The minimum Gasteiger partial charge on any atom is -0.480 e. The molecule has 1 aromatic rings. The van der Waals surface area contributed by atoms with Gasteiger partial charge in [0.15, 0.2) is 0 Å². The van der Waals surface area contributed by atoms with E-state index in [0.29, 0.717) is 13.0 Å². The molecule has 2 saturated heterocycles. The lowest BCUT2D eigenvalue weighted by molar-refractivity contribution is -0.148. The number of hydrogen-bond donors (Lipinski definition) is 1. The predicted molar refractivity (Wildman–Crippen MR) is 100 cm³/mol. The molecule has 0 radical (unpaired) electrons. The van der Waals surface area contributed by atoms with Crippen LogP contribution < -0.4 is 4.90 Å². The van der Waals surface area contributed by atoms with Crippen molar-refractivity contribution in [1.29, 1.82) is 0 Å². The maximum Gasteiger partial charge on any atom is 0.326 e. The zero-order valence-electron chi connectivity index (χ0n) is 15.9. The van der Waals surface area contributed by atoms with Crippen molar-refractivity contribution in [3.8, 4) is 0 Å². The smallest absolute Gasteiger partial charge is 0.326 e. The zero-order chi connectivity index (χ0) is 19.0. The number of carbonyl (C=O) groups excluding carboxylic acids is 1. The molecule has 4 rings (SSSR count). The molecule has 27 heavy (non-hydrogen) atoms. The number of piperidine rings is 1. The van der Waals surface area contributed by atoms with Crippen molar-refractivity contribution in [3.05, 3.63) is 18.1 Å². The molecule has 0 aromatic carbocycles. The van der Waals surface area contributed by atoms with Crippen LogP contribution in [0.5, 0.6) is 0 Å². The van der Waals surface area contributed by atoms with Crippen LogP contribution in [0.1, 0.15) is 51.0 Å². The first kappa shape index (κ1) is 18.2. The van der Waals surface area contributed by atoms with Crippen molar-refractivity contribution in [2.45, 2.75) is 57.9 Å². The average molecular weight is 372 g/mol. The third-order valence-electron chi connectivity index (χ3n) is 6.41. The summed E-state index contributed by atoms with van der Waals surface area (Å²) in [5.41, 5.74) is 1.11. The first-order chi connectivity index (χ1) is 13.0. The maximum atomic E-state index is 12.6. The zero-order valence-corrected chi connectivity index (χ0v) is 15.9. The van der Waals surface area contributed by atoms with E-state index in [0.717, 1.165) is 57.4 Å². The fourth-order valence-corrected chi connectivity index (χ4v) is 4.71. The van der Waals surface area contributed by atoms with Gasteiger partial charge in [-0.2, -0.15) is 0 Å². The van der Waals surface area contributed by atoms with Gasteiger partial charge in [-0.05, 0) is 43.9 Å². The lowest BCUT2D eigenvalue weighted by atomic mass is 9.76. The largest absolute Gasteiger partial charge is 0.480 e. The summed E-state index contributed by atoms with van der Waals surface area (Å²) in [4.78, 5) is 37.0. The summed E-state index contributed by atoms with van der Waals surface area (Å²) in [6, 6.07) is -0.653. The minimum atomic E-state index is -0.857. The van der Waals surface area contributed by atoms with E-state index in [4.69, 9.17) is 0 Å². The highest BCUT2D eigenvalue weighted by Gasteiger charge is 2.51. The molecule has 1 atom stereocenters. The number of carboxylic acid groups (broad SMARTS) is 1. The average Bonchev–Trinajstić information content (AvgIpc) is 3.45. The Balaban J connectivity index is 1.47. The van der Waals surface area contributed by atoms with E-state index in [2.05, 4.69) is 21.8 Å². The predicted octanol–water partition coefficient (Wildman–Crippen LogP) is 2.11. The molecule has 3 aliphatic rings. The molecule has 2 aliphatic heterocycles. The number of amides is 1. The third-order valence-corrected chi connectivity index (χ3v) is 6.41. The van der Waals surface area contributed by atoms with E-state index in [9.17, 15) is 14.7 Å². The maximum absolute atomic E-state index is 12.6. The van der Waals surface area contributed by atoms with Crippen LogP contribution in [0.25, 0.3) is 0 Å². The van der Waals surface area contributed by atoms with Crippen LogP contribution >= 0.6 is 0 Å². The number of aliphatic carboxylic acids is 1. The number of nitrogens with zero attached hydrogens (tertiary/aromatic N) is 4. The van der Waals surface area contributed by atoms with E-state index in [1.807, 2.05) is 6.20 Å². The van der Waals surface area contributed by atoms with Crippen LogP contribution in [0, 0.1) is 11.3 Å². The standard InChI is InChI=1S/C20H28N4O3/c1-2-3-15-11-21-13-22-17(15)23-8-6-20(7-9-23)10-16(19(26)27)24(12-20)18(25)14-4-5-14/h11,13-14,16H,2-10,12H2,1H3,(H,26,27)/t16-/m1/s1. The Morgan fingerprint density at radius 3 is 2.67 bits per heavy atom. The van der Waals surface area contributed by atoms with Crippen LogP contribution in [-0.4, -0.2) is 57.5 Å². The Labute approximate surface area is 159 Å². The van der Waals surface area contributed by atoms with Crippen molar-refractivity contribution in [1.82, 2.24) is 14.9 Å². The van der Waals surface area contributed by atoms with Crippen molar-refractivity contribution in [2.75, 3.05) is 24.5 Å². The van der Waals surface area contributed by atoms with E-state index in [1.165, 1.54) is 5.56 Å². The molecule has 3 fully saturated rings. The lowest BCUT2D eigenvalue weighted by Gasteiger charge is -2.40. The van der Waals surface area contributed by atoms with Crippen molar-refractivity contribution >= 4 is 17.7 Å². The van der Waals surface area contributed by atoms with Crippen LogP contribution in [0.15, 0.2) is 12.5 Å². The number of rotatable bonds is 5. The van der Waals surface area contributed by atoms with Gasteiger partial charge in [0.05, 0.1) is 0 Å². The first-order valence-electron chi connectivity index (χ1n) is 10.1. The molecule has 7 nitrogen and oxygen atoms in total. The quantitative estimate of drug-likeness (QED) is 0.852. The molecule has 1 N–H and O–H groups in total.